The molecule has 1 aliphatic carbocycles. The molecule has 0 bridgehead atoms. The van der Waals surface area contributed by atoms with Crippen LogP contribution < -0.4 is 5.32 Å². The normalized spacial score (nSPS) is 39.6. The van der Waals surface area contributed by atoms with Gasteiger partial charge in [0.1, 0.15) is 0 Å². The van der Waals surface area contributed by atoms with Gasteiger partial charge in [0.25, 0.3) is 0 Å². The largest absolute Gasteiger partial charge is 0.388 e. The topological polar surface area (TPSA) is 66.4 Å². The van der Waals surface area contributed by atoms with Crippen LogP contribution in [0.15, 0.2) is 12.2 Å². The second kappa shape index (κ2) is 2.42. The van der Waals surface area contributed by atoms with E-state index >= 15 is 0 Å². The highest BCUT2D eigenvalue weighted by Gasteiger charge is 2.45. The van der Waals surface area contributed by atoms with Crippen molar-refractivity contribution in [1.82, 2.24) is 5.32 Å². The lowest BCUT2D eigenvalue weighted by Gasteiger charge is -2.21. The van der Waals surface area contributed by atoms with Crippen molar-refractivity contribution < 1.29 is 14.7 Å². The average molecular weight is 167 g/mol. The van der Waals surface area contributed by atoms with E-state index in [1.807, 2.05) is 0 Å². The highest BCUT2D eigenvalue weighted by Crippen LogP contribution is 2.30. The van der Waals surface area contributed by atoms with Gasteiger partial charge >= 0.3 is 0 Å². The first-order chi connectivity index (χ1) is 5.70. The molecule has 0 aromatic heterocycles. The standard InChI is InChI=1S/C8H9NO3/c10-5-3-1-2-4-6(5)8(12)9-7(4)11/h1,3-6,10H,2H2,(H,9,11,12)/t4-,5+,6-/m1/s1. The molecule has 12 heavy (non-hydrogen) atoms. The number of allylic oxidation sites excluding steroid dienone is 1. The Morgan fingerprint density at radius 3 is 2.83 bits per heavy atom. The quantitative estimate of drug-likeness (QED) is 0.366. The van der Waals surface area contributed by atoms with E-state index in [4.69, 9.17) is 0 Å². The molecule has 1 saturated heterocycles. The van der Waals surface area contributed by atoms with Crippen molar-refractivity contribution in [3.8, 4) is 0 Å². The molecule has 4 heteroatoms. The number of amides is 2. The van der Waals surface area contributed by atoms with Gasteiger partial charge in [-0.2, -0.15) is 0 Å². The molecule has 0 aromatic rings. The monoisotopic (exact) mass is 167 g/mol. The third-order valence-electron chi connectivity index (χ3n) is 2.41. The van der Waals surface area contributed by atoms with Crippen LogP contribution in [0.2, 0.25) is 0 Å². The summed E-state index contributed by atoms with van der Waals surface area (Å²) in [5.41, 5.74) is 0. The fourth-order valence-electron chi connectivity index (χ4n) is 1.77. The maximum Gasteiger partial charge on any atom is 0.233 e. The maximum atomic E-state index is 11.1. The fraction of sp³-hybridized carbons (Fsp3) is 0.500. The number of carbonyl (C=O) groups excluding carboxylic acids is 2. The highest BCUT2D eigenvalue weighted by molar-refractivity contribution is 6.05. The van der Waals surface area contributed by atoms with Gasteiger partial charge in [-0.25, -0.2) is 0 Å². The van der Waals surface area contributed by atoms with Crippen molar-refractivity contribution in [3.63, 3.8) is 0 Å². The lowest BCUT2D eigenvalue weighted by Crippen LogP contribution is -2.32. The number of hydrogen-bond donors (Lipinski definition) is 2. The lowest BCUT2D eigenvalue weighted by atomic mass is 9.83. The first-order valence-corrected chi connectivity index (χ1v) is 3.89. The number of hydrogen-bond acceptors (Lipinski definition) is 3. The van der Waals surface area contributed by atoms with E-state index in [0.717, 1.165) is 0 Å². The van der Waals surface area contributed by atoms with Crippen LogP contribution >= 0.6 is 0 Å². The summed E-state index contributed by atoms with van der Waals surface area (Å²) < 4.78 is 0. The van der Waals surface area contributed by atoms with Crippen LogP contribution in [0.25, 0.3) is 0 Å². The van der Waals surface area contributed by atoms with Crippen LogP contribution in [0.5, 0.6) is 0 Å². The summed E-state index contributed by atoms with van der Waals surface area (Å²) in [6.45, 7) is 0. The van der Waals surface area contributed by atoms with Crippen molar-refractivity contribution in [3.05, 3.63) is 12.2 Å². The van der Waals surface area contributed by atoms with Crippen molar-refractivity contribution in [2.24, 2.45) is 11.8 Å². The summed E-state index contributed by atoms with van der Waals surface area (Å²) in [7, 11) is 0. The molecule has 1 aliphatic heterocycles. The lowest BCUT2D eigenvalue weighted by molar-refractivity contribution is -0.126. The number of carbonyl (C=O) groups is 2. The summed E-state index contributed by atoms with van der Waals surface area (Å²) >= 11 is 0. The summed E-state index contributed by atoms with van der Waals surface area (Å²) in [4.78, 5) is 22.2. The Morgan fingerprint density at radius 2 is 2.17 bits per heavy atom. The van der Waals surface area contributed by atoms with Crippen LogP contribution in [-0.4, -0.2) is 23.0 Å². The third-order valence-corrected chi connectivity index (χ3v) is 2.41. The molecule has 3 atom stereocenters. The van der Waals surface area contributed by atoms with E-state index in [1.165, 1.54) is 0 Å². The molecule has 2 rings (SSSR count). The van der Waals surface area contributed by atoms with Gasteiger partial charge < -0.3 is 5.11 Å². The molecule has 2 N–H and O–H groups in total. The molecule has 2 amide bonds. The van der Waals surface area contributed by atoms with Crippen molar-refractivity contribution in [1.29, 1.82) is 0 Å². The van der Waals surface area contributed by atoms with Gasteiger partial charge in [0.2, 0.25) is 11.8 Å². The van der Waals surface area contributed by atoms with Crippen LogP contribution in [0.3, 0.4) is 0 Å². The Hall–Kier alpha value is -1.16. The smallest absolute Gasteiger partial charge is 0.233 e. The number of imide groups is 1. The maximum absolute atomic E-state index is 11.1. The molecule has 0 aromatic carbocycles. The van der Waals surface area contributed by atoms with Gasteiger partial charge in [-0.05, 0) is 6.42 Å². The van der Waals surface area contributed by atoms with Gasteiger partial charge in [-0.3, -0.25) is 14.9 Å². The number of aliphatic hydroxyl groups excluding tert-OH is 1. The van der Waals surface area contributed by atoms with Gasteiger partial charge in [-0.15, -0.1) is 0 Å². The van der Waals surface area contributed by atoms with E-state index in [1.54, 1.807) is 12.2 Å². The molecule has 0 spiro atoms. The van der Waals surface area contributed by atoms with Crippen molar-refractivity contribution in [2.75, 3.05) is 0 Å². The Balaban J connectivity index is 2.32. The Kier molecular flexibility index (Phi) is 1.51. The van der Waals surface area contributed by atoms with Crippen LogP contribution in [0.4, 0.5) is 0 Å². The Labute approximate surface area is 69.3 Å². The first kappa shape index (κ1) is 7.49. The predicted molar refractivity (Wildman–Crippen MR) is 39.9 cm³/mol. The Bertz CT molecular complexity index is 271. The molecule has 64 valence electrons. The van der Waals surface area contributed by atoms with E-state index in [2.05, 4.69) is 5.32 Å². The molecular weight excluding hydrogens is 158 g/mol. The molecule has 0 radical (unpaired) electrons. The molecule has 1 heterocycles. The number of aliphatic hydroxyl groups is 1. The molecule has 1 fully saturated rings. The molecule has 0 unspecified atom stereocenters. The second-order valence-electron chi connectivity index (χ2n) is 3.14. The molecule has 4 nitrogen and oxygen atoms in total. The zero-order chi connectivity index (χ0) is 8.72. The van der Waals surface area contributed by atoms with Crippen molar-refractivity contribution >= 4 is 11.8 Å². The highest BCUT2D eigenvalue weighted by atomic mass is 16.3. The van der Waals surface area contributed by atoms with E-state index in [9.17, 15) is 14.7 Å². The van der Waals surface area contributed by atoms with Gasteiger partial charge in [0.05, 0.1) is 17.9 Å². The summed E-state index contributed by atoms with van der Waals surface area (Å²) in [5, 5.41) is 11.6. The minimum Gasteiger partial charge on any atom is -0.388 e. The van der Waals surface area contributed by atoms with E-state index in [-0.39, 0.29) is 17.7 Å². The van der Waals surface area contributed by atoms with E-state index in [0.29, 0.717) is 6.42 Å². The van der Waals surface area contributed by atoms with Crippen LogP contribution in [0, 0.1) is 11.8 Å². The summed E-state index contributed by atoms with van der Waals surface area (Å²) in [5.74, 6) is -1.50. The van der Waals surface area contributed by atoms with E-state index < -0.39 is 12.0 Å². The average Bonchev–Trinajstić information content (AvgIpc) is 2.29. The molecular formula is C8H9NO3. The zero-order valence-corrected chi connectivity index (χ0v) is 6.36. The third kappa shape index (κ3) is 0.881. The fourth-order valence-corrected chi connectivity index (χ4v) is 1.77. The molecule has 0 saturated carbocycles. The van der Waals surface area contributed by atoms with Gasteiger partial charge in [-0.1, -0.05) is 12.2 Å². The number of fused-ring (bicyclic) bond motifs is 1. The summed E-state index contributed by atoms with van der Waals surface area (Å²) in [6, 6.07) is 0. The number of nitrogens with one attached hydrogen (secondary N) is 1. The molecule has 2 aliphatic rings. The summed E-state index contributed by atoms with van der Waals surface area (Å²) in [6.07, 6.45) is 3.07. The zero-order valence-electron chi connectivity index (χ0n) is 6.36. The minimum atomic E-state index is -0.796. The van der Waals surface area contributed by atoms with Crippen LogP contribution in [0.1, 0.15) is 6.42 Å². The number of rotatable bonds is 0. The Morgan fingerprint density at radius 1 is 1.42 bits per heavy atom. The minimum absolute atomic E-state index is 0.256. The first-order valence-electron chi connectivity index (χ1n) is 3.89. The predicted octanol–water partition coefficient (Wildman–Crippen LogP) is -0.804. The van der Waals surface area contributed by atoms with Crippen LogP contribution in [-0.2, 0) is 9.59 Å². The second-order valence-corrected chi connectivity index (χ2v) is 3.14. The SMILES string of the molecule is O=C1NC(=O)[C@@H]2CC=C[C@H](O)[C@H]12. The van der Waals surface area contributed by atoms with Crippen molar-refractivity contribution in [2.45, 2.75) is 12.5 Å². The van der Waals surface area contributed by atoms with Gasteiger partial charge in [0.15, 0.2) is 0 Å². The van der Waals surface area contributed by atoms with Gasteiger partial charge in [0, 0.05) is 0 Å².